The average Bonchev–Trinajstić information content (AvgIpc) is 4.00. The van der Waals surface area contributed by atoms with E-state index in [1.807, 2.05) is 0 Å². The lowest BCUT2D eigenvalue weighted by molar-refractivity contribution is 1.14. The summed E-state index contributed by atoms with van der Waals surface area (Å²) in [6.45, 7) is 0. The summed E-state index contributed by atoms with van der Waals surface area (Å²) >= 11 is 0. The van der Waals surface area contributed by atoms with Crippen LogP contribution in [-0.4, -0.2) is 13.7 Å². The van der Waals surface area contributed by atoms with Gasteiger partial charge in [0.25, 0.3) is 0 Å². The summed E-state index contributed by atoms with van der Waals surface area (Å²) in [7, 11) is 0. The van der Waals surface area contributed by atoms with Gasteiger partial charge >= 0.3 is 0 Å². The molecule has 3 aromatic heterocycles. The molecule has 0 spiro atoms. The number of fused-ring (bicyclic) bond motifs is 15. The molecule has 0 saturated carbocycles. The summed E-state index contributed by atoms with van der Waals surface area (Å²) in [5, 5.41) is 7.41. The third-order valence-corrected chi connectivity index (χ3v) is 13.6. The zero-order chi connectivity index (χ0) is 41.9. The molecule has 0 aliphatic carbocycles. The smallest absolute Gasteiger partial charge is 0.0703 e. The predicted octanol–water partition coefficient (Wildman–Crippen LogP) is 16.1. The van der Waals surface area contributed by atoms with Gasteiger partial charge in [-0.05, 0) is 96.1 Å². The Labute approximate surface area is 369 Å². The Morgan fingerprint density at radius 3 is 1.28 bits per heavy atom. The molecule has 64 heavy (non-hydrogen) atoms. The van der Waals surface area contributed by atoms with Crippen LogP contribution in [0.3, 0.4) is 0 Å². The number of anilines is 3. The molecule has 0 unspecified atom stereocenters. The van der Waals surface area contributed by atoms with Gasteiger partial charge in [-0.3, -0.25) is 0 Å². The molecule has 13 aromatic rings. The van der Waals surface area contributed by atoms with E-state index in [2.05, 4.69) is 249 Å². The number of benzene rings is 10. The maximum Gasteiger partial charge on any atom is 0.0703 e. The second-order valence-corrected chi connectivity index (χ2v) is 16.9. The molecule has 4 nitrogen and oxygen atoms in total. The van der Waals surface area contributed by atoms with Gasteiger partial charge in [0.2, 0.25) is 0 Å². The standard InChI is InChI=1S/C60H38N4/c1-2-17-39(18-3-1)61-52-27-10-6-21-44(52)42-19-4-5-20-43(42)48-25-16-26-49-51-38-41(34-36-57(51)64(60(48)49)59-32-15-14-31-58(59)61)63-55-30-13-9-24-47(55)50-37-40(33-35-56(50)63)62-53-28-11-7-22-45(53)46-23-8-12-29-54(46)62/h1-38H. The highest BCUT2D eigenvalue weighted by Gasteiger charge is 2.27. The Hall–Kier alpha value is -8.60. The van der Waals surface area contributed by atoms with E-state index in [0.717, 1.165) is 39.6 Å². The van der Waals surface area contributed by atoms with Gasteiger partial charge in [-0.25, -0.2) is 0 Å². The maximum atomic E-state index is 2.52. The third kappa shape index (κ3) is 4.88. The summed E-state index contributed by atoms with van der Waals surface area (Å²) in [6.07, 6.45) is 0. The first-order valence-corrected chi connectivity index (χ1v) is 22.0. The second-order valence-electron chi connectivity index (χ2n) is 16.9. The van der Waals surface area contributed by atoms with Gasteiger partial charge in [0.05, 0.1) is 50.2 Å². The van der Waals surface area contributed by atoms with Crippen LogP contribution in [0.25, 0.3) is 105 Å². The fourth-order valence-electron chi connectivity index (χ4n) is 10.9. The number of nitrogens with zero attached hydrogens (tertiary/aromatic N) is 4. The molecule has 14 rings (SSSR count). The fourth-order valence-corrected chi connectivity index (χ4v) is 10.9. The summed E-state index contributed by atoms with van der Waals surface area (Å²) in [4.78, 5) is 2.44. The first-order valence-electron chi connectivity index (χ1n) is 22.0. The highest BCUT2D eigenvalue weighted by atomic mass is 15.2. The topological polar surface area (TPSA) is 18.0 Å². The van der Waals surface area contributed by atoms with E-state index in [1.165, 1.54) is 82.2 Å². The van der Waals surface area contributed by atoms with Crippen LogP contribution in [0.4, 0.5) is 17.1 Å². The molecule has 1 aliphatic rings. The number of para-hydroxylation sites is 8. The SMILES string of the molecule is c1ccc(N2c3ccccc3-c3ccccc3-c3cccc4c5cc(-n6c7ccccc7c7cc(-n8c9ccccc9c9ccccc98)ccc76)ccc5n(c34)-c3ccccc32)cc1. The molecule has 1 aliphatic heterocycles. The fraction of sp³-hybridized carbons (Fsp3) is 0. The molecular formula is C60H38N4. The van der Waals surface area contributed by atoms with Gasteiger partial charge in [0, 0.05) is 60.5 Å². The average molecular weight is 815 g/mol. The maximum absolute atomic E-state index is 2.52. The van der Waals surface area contributed by atoms with E-state index < -0.39 is 0 Å². The van der Waals surface area contributed by atoms with E-state index in [0.29, 0.717) is 0 Å². The molecule has 4 heterocycles. The predicted molar refractivity (Wildman–Crippen MR) is 269 cm³/mol. The molecule has 10 aromatic carbocycles. The Balaban J connectivity index is 1.05. The van der Waals surface area contributed by atoms with Gasteiger partial charge in [-0.15, -0.1) is 0 Å². The lowest BCUT2D eigenvalue weighted by atomic mass is 9.91. The molecule has 4 heteroatoms. The van der Waals surface area contributed by atoms with Crippen LogP contribution in [-0.2, 0) is 0 Å². The minimum absolute atomic E-state index is 1.11. The van der Waals surface area contributed by atoms with Gasteiger partial charge in [0.15, 0.2) is 0 Å². The van der Waals surface area contributed by atoms with Crippen molar-refractivity contribution in [3.05, 3.63) is 231 Å². The van der Waals surface area contributed by atoms with Gasteiger partial charge in [-0.1, -0.05) is 146 Å². The third-order valence-electron chi connectivity index (χ3n) is 13.6. The highest BCUT2D eigenvalue weighted by Crippen LogP contribution is 2.50. The molecule has 0 atom stereocenters. The monoisotopic (exact) mass is 814 g/mol. The van der Waals surface area contributed by atoms with Crippen molar-refractivity contribution >= 4 is 82.5 Å². The van der Waals surface area contributed by atoms with E-state index in [-0.39, 0.29) is 0 Å². The zero-order valence-electron chi connectivity index (χ0n) is 34.7. The van der Waals surface area contributed by atoms with E-state index in [4.69, 9.17) is 0 Å². The van der Waals surface area contributed by atoms with Crippen LogP contribution < -0.4 is 4.90 Å². The lowest BCUT2D eigenvalue weighted by Gasteiger charge is -2.31. The largest absolute Gasteiger partial charge is 0.309 e. The number of hydrogen-bond donors (Lipinski definition) is 0. The Morgan fingerprint density at radius 1 is 0.219 bits per heavy atom. The Kier molecular flexibility index (Phi) is 7.36. The quantitative estimate of drug-likeness (QED) is 0.174. The van der Waals surface area contributed by atoms with Crippen molar-refractivity contribution in [1.82, 2.24) is 13.7 Å². The summed E-state index contributed by atoms with van der Waals surface area (Å²) in [5.41, 5.74) is 18.7. The van der Waals surface area contributed by atoms with Crippen molar-refractivity contribution in [2.45, 2.75) is 0 Å². The van der Waals surface area contributed by atoms with Gasteiger partial charge in [-0.2, -0.15) is 0 Å². The van der Waals surface area contributed by atoms with Gasteiger partial charge in [0.1, 0.15) is 0 Å². The molecule has 298 valence electrons. The van der Waals surface area contributed by atoms with Crippen LogP contribution in [0.5, 0.6) is 0 Å². The minimum atomic E-state index is 1.11. The number of rotatable bonds is 3. The number of aromatic nitrogens is 3. The Bertz CT molecular complexity index is 3980. The molecule has 0 N–H and O–H groups in total. The molecule has 0 saturated heterocycles. The molecule has 0 fully saturated rings. The second kappa shape index (κ2) is 13.4. The van der Waals surface area contributed by atoms with E-state index >= 15 is 0 Å². The van der Waals surface area contributed by atoms with Crippen LogP contribution in [0.15, 0.2) is 231 Å². The van der Waals surface area contributed by atoms with Crippen LogP contribution >= 0.6 is 0 Å². The minimum Gasteiger partial charge on any atom is -0.309 e. The molecule has 0 radical (unpaired) electrons. The molecular weight excluding hydrogens is 777 g/mol. The van der Waals surface area contributed by atoms with Crippen LogP contribution in [0.1, 0.15) is 0 Å². The summed E-state index contributed by atoms with van der Waals surface area (Å²) in [6, 6.07) is 84.7. The van der Waals surface area contributed by atoms with Crippen LogP contribution in [0.2, 0.25) is 0 Å². The van der Waals surface area contributed by atoms with Crippen molar-refractivity contribution in [1.29, 1.82) is 0 Å². The lowest BCUT2D eigenvalue weighted by Crippen LogP contribution is -2.14. The van der Waals surface area contributed by atoms with E-state index in [1.54, 1.807) is 0 Å². The normalized spacial score (nSPS) is 12.3. The number of hydrogen-bond acceptors (Lipinski definition) is 1. The van der Waals surface area contributed by atoms with E-state index in [9.17, 15) is 0 Å². The van der Waals surface area contributed by atoms with Crippen molar-refractivity contribution in [3.63, 3.8) is 0 Å². The molecule has 0 amide bonds. The highest BCUT2D eigenvalue weighted by molar-refractivity contribution is 6.17. The van der Waals surface area contributed by atoms with Crippen molar-refractivity contribution in [3.8, 4) is 39.3 Å². The first kappa shape index (κ1) is 35.0. The van der Waals surface area contributed by atoms with Crippen molar-refractivity contribution < 1.29 is 0 Å². The summed E-state index contributed by atoms with van der Waals surface area (Å²) in [5.74, 6) is 0. The first-order chi connectivity index (χ1) is 31.8. The Morgan fingerprint density at radius 2 is 0.641 bits per heavy atom. The van der Waals surface area contributed by atoms with Crippen LogP contribution in [0, 0.1) is 0 Å². The van der Waals surface area contributed by atoms with Crippen molar-refractivity contribution in [2.75, 3.05) is 4.90 Å². The zero-order valence-corrected chi connectivity index (χ0v) is 34.7. The summed E-state index contributed by atoms with van der Waals surface area (Å²) < 4.78 is 7.39. The van der Waals surface area contributed by atoms with Crippen molar-refractivity contribution in [2.24, 2.45) is 0 Å². The van der Waals surface area contributed by atoms with Gasteiger partial charge < -0.3 is 18.6 Å². The molecule has 0 bridgehead atoms.